The van der Waals surface area contributed by atoms with Gasteiger partial charge in [0.05, 0.1) is 0 Å². The van der Waals surface area contributed by atoms with Crippen molar-refractivity contribution in [2.24, 2.45) is 0 Å². The van der Waals surface area contributed by atoms with Crippen LogP contribution in [-0.2, 0) is 4.79 Å². The van der Waals surface area contributed by atoms with Gasteiger partial charge >= 0.3 is 0 Å². The smallest absolute Gasteiger partial charge is 0.221 e. The van der Waals surface area contributed by atoms with E-state index in [1.807, 2.05) is 12.2 Å². The molecule has 1 amide bonds. The summed E-state index contributed by atoms with van der Waals surface area (Å²) in [5, 5.41) is 2.73. The second-order valence-electron chi connectivity index (χ2n) is 6.30. The van der Waals surface area contributed by atoms with E-state index in [0.29, 0.717) is 0 Å². The largest absolute Gasteiger partial charge is 0.330 e. The van der Waals surface area contributed by atoms with Gasteiger partial charge in [-0.2, -0.15) is 0 Å². The minimum absolute atomic E-state index is 0.0679. The number of hydrogen-bond donors (Lipinski definition) is 2. The number of allylic oxidation sites excluding steroid dienone is 3. The first-order valence-electron chi connectivity index (χ1n) is 6.45. The van der Waals surface area contributed by atoms with E-state index in [0.717, 1.165) is 11.4 Å². The van der Waals surface area contributed by atoms with Gasteiger partial charge in [-0.3, -0.25) is 4.79 Å². The Labute approximate surface area is 114 Å². The Morgan fingerprint density at radius 3 is 2.50 bits per heavy atom. The molecule has 0 bridgehead atoms. The van der Waals surface area contributed by atoms with Gasteiger partial charge in [-0.1, -0.05) is 38.3 Å². The molecule has 2 nitrogen and oxygen atoms in total. The Bertz CT molecular complexity index is 367. The molecule has 102 valence electrons. The van der Waals surface area contributed by atoms with Crippen LogP contribution in [0.25, 0.3) is 0 Å². The van der Waals surface area contributed by atoms with Crippen LogP contribution in [0.4, 0.5) is 0 Å². The van der Waals surface area contributed by atoms with Crippen LogP contribution in [0.3, 0.4) is 0 Å². The van der Waals surface area contributed by atoms with Crippen molar-refractivity contribution in [1.29, 1.82) is 0 Å². The molecular weight excluding hydrogens is 240 g/mol. The predicted molar refractivity (Wildman–Crippen MR) is 93.3 cm³/mol. The van der Waals surface area contributed by atoms with Gasteiger partial charge in [0.25, 0.3) is 0 Å². The highest BCUT2D eigenvalue weighted by Crippen LogP contribution is 2.57. The fourth-order valence-corrected chi connectivity index (χ4v) is 4.65. The Hall–Kier alpha value is -0.830. The van der Waals surface area contributed by atoms with Crippen LogP contribution < -0.4 is 5.32 Å². The number of amides is 1. The van der Waals surface area contributed by atoms with Crippen LogP contribution in [0.15, 0.2) is 36.6 Å². The number of carbonyl (C=O) groups is 1. The molecule has 0 saturated heterocycles. The highest BCUT2D eigenvalue weighted by molar-refractivity contribution is 8.77. The van der Waals surface area contributed by atoms with E-state index in [1.165, 1.54) is 19.1 Å². The molecule has 0 spiro atoms. The molecule has 0 aromatic rings. The summed E-state index contributed by atoms with van der Waals surface area (Å²) >= 11 is 0. The third-order valence-corrected chi connectivity index (χ3v) is 6.46. The molecular formula is C13H27B2NOS. The van der Waals surface area contributed by atoms with Crippen molar-refractivity contribution in [2.45, 2.75) is 20.3 Å². The molecule has 0 unspecified atom stereocenters. The fourth-order valence-electron chi connectivity index (χ4n) is 1.91. The van der Waals surface area contributed by atoms with Gasteiger partial charge in [0, 0.05) is 12.6 Å². The van der Waals surface area contributed by atoms with Crippen LogP contribution in [0, 0.1) is 0 Å². The molecule has 0 rings (SSSR count). The molecule has 0 aliphatic carbocycles. The lowest BCUT2D eigenvalue weighted by Gasteiger charge is -2.50. The van der Waals surface area contributed by atoms with Crippen LogP contribution >= 0.6 is 8.86 Å². The Morgan fingerprint density at radius 1 is 1.44 bits per heavy atom. The van der Waals surface area contributed by atoms with Crippen LogP contribution in [-0.4, -0.2) is 37.9 Å². The molecule has 0 aromatic carbocycles. The lowest BCUT2D eigenvalue weighted by atomic mass is 10.3. The summed E-state index contributed by atoms with van der Waals surface area (Å²) in [5.41, 5.74) is 0.748. The molecule has 5 heteroatoms. The van der Waals surface area contributed by atoms with Gasteiger partial charge in [0.15, 0.2) is 0 Å². The standard InChI is InChI=1S/C13H27B2NOS/c1-5-10-18(4,14,15)11-8-7-9-13(6-2)16-12(3)17/h6-9,18H,2,5,10-11,14-15H2,1,3-4H3,(H,16,17)/b8-7-,13-9+. The zero-order chi connectivity index (χ0) is 14.3. The Morgan fingerprint density at radius 2 is 2.06 bits per heavy atom. The van der Waals surface area contributed by atoms with E-state index in [1.54, 1.807) is 6.08 Å². The van der Waals surface area contributed by atoms with Gasteiger partial charge in [0.2, 0.25) is 5.91 Å². The third-order valence-electron chi connectivity index (χ3n) is 2.79. The van der Waals surface area contributed by atoms with E-state index in [4.69, 9.17) is 0 Å². The van der Waals surface area contributed by atoms with Crippen LogP contribution in [0.1, 0.15) is 20.3 Å². The average Bonchev–Trinajstić information content (AvgIpc) is 2.21. The highest BCUT2D eigenvalue weighted by atomic mass is 32.3. The highest BCUT2D eigenvalue weighted by Gasteiger charge is 2.22. The summed E-state index contributed by atoms with van der Waals surface area (Å²) < 4.78 is 0. The van der Waals surface area contributed by atoms with Crippen molar-refractivity contribution >= 4 is 29.0 Å². The van der Waals surface area contributed by atoms with Gasteiger partial charge in [-0.05, 0) is 23.7 Å². The first kappa shape index (κ1) is 17.2. The predicted octanol–water partition coefficient (Wildman–Crippen LogP) is 0.957. The fraction of sp³-hybridized carbons (Fsp3) is 0.462. The van der Waals surface area contributed by atoms with Gasteiger partial charge in [-0.15, -0.1) is 0 Å². The van der Waals surface area contributed by atoms with E-state index in [9.17, 15) is 4.79 Å². The summed E-state index contributed by atoms with van der Waals surface area (Å²) in [4.78, 5) is 10.9. The monoisotopic (exact) mass is 267 g/mol. The van der Waals surface area contributed by atoms with Crippen LogP contribution in [0.2, 0.25) is 0 Å². The molecule has 1 N–H and O–H groups in total. The summed E-state index contributed by atoms with van der Waals surface area (Å²) in [6.45, 7) is 7.42. The van der Waals surface area contributed by atoms with Crippen molar-refractivity contribution in [1.82, 2.24) is 5.32 Å². The van der Waals surface area contributed by atoms with Gasteiger partial charge in [-0.25, -0.2) is 0 Å². The third kappa shape index (κ3) is 8.29. The maximum Gasteiger partial charge on any atom is 0.221 e. The number of hydrogen-bond acceptors (Lipinski definition) is 1. The summed E-state index contributed by atoms with van der Waals surface area (Å²) in [7, 11) is 3.33. The summed E-state index contributed by atoms with van der Waals surface area (Å²) in [5.74, 6) is 2.39. The van der Waals surface area contributed by atoms with Crippen molar-refractivity contribution in [2.75, 3.05) is 17.8 Å². The molecule has 0 aliphatic rings. The maximum absolute atomic E-state index is 10.9. The Balaban J connectivity index is 4.53. The van der Waals surface area contributed by atoms with E-state index in [-0.39, 0.29) is 5.91 Å². The SMILES string of the molecule is B[SH](B)(C)(C/C=C\C=C(/C=C)NC(C)=O)CCC. The molecule has 0 aliphatic heterocycles. The molecule has 0 atom stereocenters. The second kappa shape index (κ2) is 6.93. The normalized spacial score (nSPS) is 15.1. The topological polar surface area (TPSA) is 29.1 Å². The first-order valence-corrected chi connectivity index (χ1v) is 10.4. The van der Waals surface area contributed by atoms with Crippen molar-refractivity contribution in [3.63, 3.8) is 0 Å². The second-order valence-corrected chi connectivity index (χ2v) is 14.0. The molecule has 0 radical (unpaired) electrons. The zero-order valence-corrected chi connectivity index (χ0v) is 13.4. The summed E-state index contributed by atoms with van der Waals surface area (Å²) in [6, 6.07) is 0. The van der Waals surface area contributed by atoms with Crippen molar-refractivity contribution < 1.29 is 4.79 Å². The average molecular weight is 267 g/mol. The van der Waals surface area contributed by atoms with E-state index < -0.39 is 8.86 Å². The molecule has 0 saturated carbocycles. The van der Waals surface area contributed by atoms with E-state index >= 15 is 0 Å². The van der Waals surface area contributed by atoms with E-state index in [2.05, 4.69) is 45.4 Å². The molecule has 18 heavy (non-hydrogen) atoms. The minimum atomic E-state index is -1.51. The van der Waals surface area contributed by atoms with Crippen molar-refractivity contribution in [3.8, 4) is 0 Å². The minimum Gasteiger partial charge on any atom is -0.330 e. The lowest BCUT2D eigenvalue weighted by molar-refractivity contribution is -0.118. The van der Waals surface area contributed by atoms with Gasteiger partial charge in [0.1, 0.15) is 14.2 Å². The first-order chi connectivity index (χ1) is 8.18. The Kier molecular flexibility index (Phi) is 6.61. The molecule has 0 fully saturated rings. The summed E-state index contributed by atoms with van der Waals surface area (Å²) in [6.07, 6.45) is 11.4. The van der Waals surface area contributed by atoms with Crippen molar-refractivity contribution in [3.05, 3.63) is 36.6 Å². The number of thiol groups is 1. The molecule has 0 heterocycles. The number of nitrogens with one attached hydrogen (secondary N) is 1. The number of rotatable bonds is 7. The quantitative estimate of drug-likeness (QED) is 0.401. The van der Waals surface area contributed by atoms with Crippen LogP contribution in [0.5, 0.6) is 0 Å². The lowest BCUT2D eigenvalue weighted by Crippen LogP contribution is -2.23. The number of carbonyl (C=O) groups excluding carboxylic acids is 1. The van der Waals surface area contributed by atoms with Gasteiger partial charge < -0.3 is 14.2 Å². The maximum atomic E-state index is 10.9. The molecule has 0 aromatic heterocycles. The zero-order valence-electron chi connectivity index (χ0n) is 12.5.